The Morgan fingerprint density at radius 2 is 2.17 bits per heavy atom. The van der Waals surface area contributed by atoms with Crippen LogP contribution in [0.4, 0.5) is 11.4 Å². The fourth-order valence-corrected chi connectivity index (χ4v) is 2.73. The van der Waals surface area contributed by atoms with E-state index in [4.69, 9.17) is 5.11 Å². The number of aryl methyl sites for hydroxylation is 1. The molecule has 1 amide bonds. The molecule has 0 bridgehead atoms. The lowest BCUT2D eigenvalue weighted by Crippen LogP contribution is -2.37. The second kappa shape index (κ2) is 8.60. The maximum Gasteiger partial charge on any atom is 0.320 e. The van der Waals surface area contributed by atoms with Crippen molar-refractivity contribution in [2.75, 3.05) is 18.4 Å². The number of rotatable bonds is 6. The van der Waals surface area contributed by atoms with Gasteiger partial charge in [-0.1, -0.05) is 0 Å². The summed E-state index contributed by atoms with van der Waals surface area (Å²) >= 11 is 0. The molecule has 1 aromatic rings. The summed E-state index contributed by atoms with van der Waals surface area (Å²) in [5.74, 6) is -1.09. The van der Waals surface area contributed by atoms with Crippen molar-refractivity contribution in [2.24, 2.45) is 0 Å². The van der Waals surface area contributed by atoms with Crippen LogP contribution in [0.15, 0.2) is 18.2 Å². The Balaban J connectivity index is 0.00000288. The first-order valence-electron chi connectivity index (χ1n) is 7.40. The molecule has 24 heavy (non-hydrogen) atoms. The van der Waals surface area contributed by atoms with Crippen LogP contribution in [-0.4, -0.2) is 45.9 Å². The summed E-state index contributed by atoms with van der Waals surface area (Å²) in [6.45, 7) is 2.75. The molecule has 2 N–H and O–H groups in total. The lowest BCUT2D eigenvalue weighted by molar-refractivity contribution is -0.384. The first-order valence-corrected chi connectivity index (χ1v) is 7.40. The molecule has 1 aliphatic rings. The molecule has 8 nitrogen and oxygen atoms in total. The van der Waals surface area contributed by atoms with E-state index in [2.05, 4.69) is 5.32 Å². The number of carbonyl (C=O) groups is 2. The Kier molecular flexibility index (Phi) is 7.12. The van der Waals surface area contributed by atoms with Gasteiger partial charge in [0.15, 0.2) is 0 Å². The monoisotopic (exact) mass is 357 g/mol. The van der Waals surface area contributed by atoms with E-state index in [1.807, 2.05) is 0 Å². The number of carbonyl (C=O) groups excluding carboxylic acids is 1. The maximum atomic E-state index is 12.0. The van der Waals surface area contributed by atoms with Gasteiger partial charge in [0.05, 0.1) is 4.92 Å². The van der Waals surface area contributed by atoms with Crippen molar-refractivity contribution in [3.63, 3.8) is 0 Å². The Morgan fingerprint density at radius 3 is 2.75 bits per heavy atom. The van der Waals surface area contributed by atoms with E-state index in [9.17, 15) is 19.7 Å². The zero-order valence-electron chi connectivity index (χ0n) is 13.2. The number of amides is 1. The molecular formula is C15H20ClN3O5. The largest absolute Gasteiger partial charge is 0.480 e. The summed E-state index contributed by atoms with van der Waals surface area (Å²) in [4.78, 5) is 35.1. The second-order valence-electron chi connectivity index (χ2n) is 5.59. The standard InChI is InChI=1S/C15H19N3O5.ClH/c1-10-9-11(18(22)23)4-5-12(10)16-14(19)6-8-17-7-2-3-13(17)15(20)21;/h4-5,9,13H,2-3,6-8H2,1H3,(H,16,19)(H,20,21);1H. The van der Waals surface area contributed by atoms with Crippen molar-refractivity contribution in [3.8, 4) is 0 Å². The Morgan fingerprint density at radius 1 is 1.46 bits per heavy atom. The van der Waals surface area contributed by atoms with Crippen LogP contribution in [0.25, 0.3) is 0 Å². The zero-order chi connectivity index (χ0) is 17.0. The highest BCUT2D eigenvalue weighted by Gasteiger charge is 2.30. The molecule has 1 saturated heterocycles. The van der Waals surface area contributed by atoms with Gasteiger partial charge in [0.1, 0.15) is 6.04 Å². The third-order valence-corrected chi connectivity index (χ3v) is 3.97. The SMILES string of the molecule is Cc1cc([N+](=O)[O-])ccc1NC(=O)CCN1CCCC1C(=O)O.Cl. The molecule has 2 rings (SSSR count). The average molecular weight is 358 g/mol. The number of hydrogen-bond donors (Lipinski definition) is 2. The lowest BCUT2D eigenvalue weighted by atomic mass is 10.1. The fraction of sp³-hybridized carbons (Fsp3) is 0.467. The number of anilines is 1. The number of non-ortho nitro benzene ring substituents is 1. The number of nitro groups is 1. The maximum absolute atomic E-state index is 12.0. The summed E-state index contributed by atoms with van der Waals surface area (Å²) in [7, 11) is 0. The van der Waals surface area contributed by atoms with Crippen LogP contribution >= 0.6 is 12.4 Å². The summed E-state index contributed by atoms with van der Waals surface area (Å²) < 4.78 is 0. The number of halogens is 1. The van der Waals surface area contributed by atoms with E-state index in [1.54, 1.807) is 11.8 Å². The number of likely N-dealkylation sites (tertiary alicyclic amines) is 1. The van der Waals surface area contributed by atoms with E-state index in [-0.39, 0.29) is 30.4 Å². The van der Waals surface area contributed by atoms with Crippen molar-refractivity contribution in [3.05, 3.63) is 33.9 Å². The van der Waals surface area contributed by atoms with E-state index >= 15 is 0 Å². The van der Waals surface area contributed by atoms with Crippen LogP contribution in [0.1, 0.15) is 24.8 Å². The molecule has 1 fully saturated rings. The van der Waals surface area contributed by atoms with Gasteiger partial charge in [-0.3, -0.25) is 24.6 Å². The van der Waals surface area contributed by atoms with Gasteiger partial charge in [-0.25, -0.2) is 0 Å². The minimum absolute atomic E-state index is 0. The Bertz CT molecular complexity index is 638. The third kappa shape index (κ3) is 4.90. The number of nitro benzene ring substituents is 1. The first-order chi connectivity index (χ1) is 10.9. The summed E-state index contributed by atoms with van der Waals surface area (Å²) in [5, 5.41) is 22.5. The number of benzene rings is 1. The number of carboxylic acids is 1. The van der Waals surface area contributed by atoms with Crippen molar-refractivity contribution in [1.29, 1.82) is 0 Å². The molecule has 0 radical (unpaired) electrons. The van der Waals surface area contributed by atoms with Crippen LogP contribution in [0.3, 0.4) is 0 Å². The molecule has 1 aliphatic heterocycles. The van der Waals surface area contributed by atoms with Crippen LogP contribution < -0.4 is 5.32 Å². The van der Waals surface area contributed by atoms with Gasteiger partial charge in [-0.05, 0) is 37.9 Å². The van der Waals surface area contributed by atoms with Gasteiger partial charge < -0.3 is 10.4 Å². The number of nitrogens with one attached hydrogen (secondary N) is 1. The van der Waals surface area contributed by atoms with Crippen LogP contribution in [0.5, 0.6) is 0 Å². The first kappa shape index (κ1) is 19.9. The molecule has 1 heterocycles. The number of nitrogens with zero attached hydrogens (tertiary/aromatic N) is 2. The van der Waals surface area contributed by atoms with Crippen LogP contribution in [0.2, 0.25) is 0 Å². The van der Waals surface area contributed by atoms with Crippen LogP contribution in [0, 0.1) is 17.0 Å². The van der Waals surface area contributed by atoms with Crippen molar-refractivity contribution in [1.82, 2.24) is 4.90 Å². The Hall–Kier alpha value is -2.19. The molecule has 1 unspecified atom stereocenters. The molecule has 1 aromatic carbocycles. The summed E-state index contributed by atoms with van der Waals surface area (Å²) in [5.41, 5.74) is 1.11. The quantitative estimate of drug-likeness (QED) is 0.596. The number of carboxylic acid groups (broad SMARTS) is 1. The normalized spacial score (nSPS) is 17.1. The van der Waals surface area contributed by atoms with Gasteiger partial charge in [0, 0.05) is 30.8 Å². The summed E-state index contributed by atoms with van der Waals surface area (Å²) in [6.07, 6.45) is 1.61. The predicted octanol–water partition coefficient (Wildman–Crippen LogP) is 2.20. The number of aliphatic carboxylic acids is 1. The highest BCUT2D eigenvalue weighted by atomic mass is 35.5. The van der Waals surface area contributed by atoms with Crippen molar-refractivity contribution < 1.29 is 19.6 Å². The average Bonchev–Trinajstić information content (AvgIpc) is 2.95. The second-order valence-corrected chi connectivity index (χ2v) is 5.59. The van der Waals surface area contributed by atoms with E-state index in [0.717, 1.165) is 6.42 Å². The highest BCUT2D eigenvalue weighted by molar-refractivity contribution is 5.91. The molecular weight excluding hydrogens is 338 g/mol. The molecule has 0 aliphatic carbocycles. The fourth-order valence-electron chi connectivity index (χ4n) is 2.73. The summed E-state index contributed by atoms with van der Waals surface area (Å²) in [6, 6.07) is 3.73. The Labute approximate surface area is 145 Å². The van der Waals surface area contributed by atoms with Crippen LogP contribution in [-0.2, 0) is 9.59 Å². The zero-order valence-corrected chi connectivity index (χ0v) is 14.0. The third-order valence-electron chi connectivity index (χ3n) is 3.97. The smallest absolute Gasteiger partial charge is 0.320 e. The minimum Gasteiger partial charge on any atom is -0.480 e. The van der Waals surface area contributed by atoms with E-state index < -0.39 is 16.9 Å². The molecule has 132 valence electrons. The lowest BCUT2D eigenvalue weighted by Gasteiger charge is -2.20. The van der Waals surface area contributed by atoms with E-state index in [0.29, 0.717) is 30.8 Å². The van der Waals surface area contributed by atoms with Gasteiger partial charge >= 0.3 is 5.97 Å². The van der Waals surface area contributed by atoms with Gasteiger partial charge in [-0.15, -0.1) is 12.4 Å². The highest BCUT2D eigenvalue weighted by Crippen LogP contribution is 2.22. The molecule has 0 spiro atoms. The molecule has 9 heteroatoms. The van der Waals surface area contributed by atoms with E-state index in [1.165, 1.54) is 18.2 Å². The molecule has 0 saturated carbocycles. The van der Waals surface area contributed by atoms with Crippen molar-refractivity contribution in [2.45, 2.75) is 32.2 Å². The minimum atomic E-state index is -0.853. The predicted molar refractivity (Wildman–Crippen MR) is 90.6 cm³/mol. The van der Waals surface area contributed by atoms with Crippen molar-refractivity contribution >= 4 is 35.7 Å². The van der Waals surface area contributed by atoms with Gasteiger partial charge in [0.2, 0.25) is 5.91 Å². The molecule has 0 aromatic heterocycles. The van der Waals surface area contributed by atoms with Gasteiger partial charge in [0.25, 0.3) is 5.69 Å². The molecule has 1 atom stereocenters. The number of hydrogen-bond acceptors (Lipinski definition) is 5. The topological polar surface area (TPSA) is 113 Å². The van der Waals surface area contributed by atoms with Gasteiger partial charge in [-0.2, -0.15) is 0 Å².